The summed E-state index contributed by atoms with van der Waals surface area (Å²) in [6.45, 7) is 1.41. The number of fused-ring (bicyclic) bond motifs is 1. The summed E-state index contributed by atoms with van der Waals surface area (Å²) in [5, 5.41) is 10.7. The molecule has 2 fully saturated rings. The number of nitriles is 1. The molecule has 2 amide bonds. The molecular formula is C21H23N3O3. The average Bonchev–Trinajstić information content (AvgIpc) is 3.31. The maximum absolute atomic E-state index is 13.1. The van der Waals surface area contributed by atoms with Crippen molar-refractivity contribution < 1.29 is 14.4 Å². The molecule has 2 aliphatic heterocycles. The van der Waals surface area contributed by atoms with E-state index in [9.17, 15) is 14.9 Å². The molecule has 140 valence electrons. The maximum atomic E-state index is 13.1. The second kappa shape index (κ2) is 7.53. The number of hydrogen-bond acceptors (Lipinski definition) is 4. The minimum atomic E-state index is -0.397. The number of benzene rings is 1. The van der Waals surface area contributed by atoms with E-state index in [4.69, 9.17) is 4.84 Å². The fourth-order valence-electron chi connectivity index (χ4n) is 4.42. The molecule has 0 bridgehead atoms. The highest BCUT2D eigenvalue weighted by Crippen LogP contribution is 2.39. The van der Waals surface area contributed by atoms with Crippen molar-refractivity contribution in [3.63, 3.8) is 0 Å². The number of carbonyl (C=O) groups excluding carboxylic acids is 2. The van der Waals surface area contributed by atoms with E-state index in [1.807, 2.05) is 42.5 Å². The summed E-state index contributed by atoms with van der Waals surface area (Å²) in [5.74, 6) is -0.980. The molecule has 27 heavy (non-hydrogen) atoms. The Hall–Kier alpha value is -2.65. The Bertz CT molecular complexity index is 786. The number of nitrogens with zero attached hydrogens (tertiary/aromatic N) is 3. The molecule has 0 saturated carbocycles. The Labute approximate surface area is 159 Å². The van der Waals surface area contributed by atoms with Crippen LogP contribution in [-0.4, -0.2) is 40.9 Å². The van der Waals surface area contributed by atoms with E-state index >= 15 is 0 Å². The van der Waals surface area contributed by atoms with E-state index in [1.165, 1.54) is 5.06 Å². The molecule has 6 nitrogen and oxygen atoms in total. The summed E-state index contributed by atoms with van der Waals surface area (Å²) in [6, 6.07) is 11.6. The van der Waals surface area contributed by atoms with Gasteiger partial charge in [-0.15, -0.1) is 0 Å². The van der Waals surface area contributed by atoms with Gasteiger partial charge in [0.15, 0.2) is 0 Å². The average molecular weight is 365 g/mol. The molecule has 1 aromatic carbocycles. The number of allylic oxidation sites excluding steroid dienone is 1. The molecule has 2 saturated heterocycles. The molecule has 3 aliphatic rings. The minimum absolute atomic E-state index is 0.0147. The lowest BCUT2D eigenvalue weighted by molar-refractivity contribution is -0.185. The number of hydrogen-bond donors (Lipinski definition) is 0. The van der Waals surface area contributed by atoms with E-state index in [-0.39, 0.29) is 23.8 Å². The standard InChI is InChI=1S/C21H23N3O3/c22-12-17-9-5-11-23(17)20(25)18-10-4-8-16-13-24(21(26)19(16)18)27-14-15-6-2-1-3-7-15/h1-4,6-8,16-19H,5,9-11,13-14H2. The van der Waals surface area contributed by atoms with Gasteiger partial charge in [0.1, 0.15) is 12.6 Å². The fraction of sp³-hybridized carbons (Fsp3) is 0.476. The first-order valence-corrected chi connectivity index (χ1v) is 9.54. The molecule has 0 aromatic heterocycles. The van der Waals surface area contributed by atoms with Gasteiger partial charge in [-0.3, -0.25) is 14.4 Å². The molecule has 1 aromatic rings. The molecule has 1 aliphatic carbocycles. The Kier molecular flexibility index (Phi) is 4.95. The van der Waals surface area contributed by atoms with Crippen LogP contribution in [0.25, 0.3) is 0 Å². The first-order valence-electron chi connectivity index (χ1n) is 9.54. The normalized spacial score (nSPS) is 29.7. The van der Waals surface area contributed by atoms with Gasteiger partial charge in [-0.2, -0.15) is 5.26 Å². The van der Waals surface area contributed by atoms with Crippen molar-refractivity contribution in [2.24, 2.45) is 17.8 Å². The summed E-state index contributed by atoms with van der Waals surface area (Å²) in [7, 11) is 0. The van der Waals surface area contributed by atoms with Crippen LogP contribution in [0.1, 0.15) is 24.8 Å². The first kappa shape index (κ1) is 17.7. The lowest BCUT2D eigenvalue weighted by Crippen LogP contribution is -2.44. The van der Waals surface area contributed by atoms with Crippen molar-refractivity contribution in [2.45, 2.75) is 31.9 Å². The molecule has 4 rings (SSSR count). The van der Waals surface area contributed by atoms with E-state index in [2.05, 4.69) is 6.07 Å². The minimum Gasteiger partial charge on any atom is -0.326 e. The summed E-state index contributed by atoms with van der Waals surface area (Å²) >= 11 is 0. The quantitative estimate of drug-likeness (QED) is 0.768. The van der Waals surface area contributed by atoms with Crippen molar-refractivity contribution in [3.05, 3.63) is 48.0 Å². The van der Waals surface area contributed by atoms with Gasteiger partial charge in [0.2, 0.25) is 5.91 Å². The first-order chi connectivity index (χ1) is 13.2. The molecule has 0 radical (unpaired) electrons. The van der Waals surface area contributed by atoms with Gasteiger partial charge in [-0.1, -0.05) is 42.5 Å². The summed E-state index contributed by atoms with van der Waals surface area (Å²) in [6.07, 6.45) is 6.14. The molecule has 6 heteroatoms. The molecular weight excluding hydrogens is 342 g/mol. The van der Waals surface area contributed by atoms with Crippen LogP contribution in [0.5, 0.6) is 0 Å². The predicted octanol–water partition coefficient (Wildman–Crippen LogP) is 2.28. The van der Waals surface area contributed by atoms with Crippen molar-refractivity contribution in [3.8, 4) is 6.07 Å². The number of rotatable bonds is 4. The van der Waals surface area contributed by atoms with Crippen LogP contribution in [-0.2, 0) is 21.0 Å². The predicted molar refractivity (Wildman–Crippen MR) is 97.5 cm³/mol. The fourth-order valence-corrected chi connectivity index (χ4v) is 4.42. The van der Waals surface area contributed by atoms with E-state index in [0.29, 0.717) is 26.1 Å². The Morgan fingerprint density at radius 2 is 2.11 bits per heavy atom. The van der Waals surface area contributed by atoms with Crippen LogP contribution in [0, 0.1) is 29.1 Å². The van der Waals surface area contributed by atoms with Crippen LogP contribution in [0.15, 0.2) is 42.5 Å². The third-order valence-electron chi connectivity index (χ3n) is 5.81. The summed E-state index contributed by atoms with van der Waals surface area (Å²) in [5.41, 5.74) is 0.997. The summed E-state index contributed by atoms with van der Waals surface area (Å²) < 4.78 is 0. The van der Waals surface area contributed by atoms with Gasteiger partial charge in [0, 0.05) is 12.5 Å². The van der Waals surface area contributed by atoms with Crippen molar-refractivity contribution in [1.29, 1.82) is 5.26 Å². The van der Waals surface area contributed by atoms with Crippen LogP contribution in [0.3, 0.4) is 0 Å². The number of carbonyl (C=O) groups is 2. The van der Waals surface area contributed by atoms with Crippen molar-refractivity contribution in [1.82, 2.24) is 9.96 Å². The zero-order valence-electron chi connectivity index (χ0n) is 15.2. The molecule has 0 spiro atoms. The van der Waals surface area contributed by atoms with Crippen LogP contribution in [0.2, 0.25) is 0 Å². The lowest BCUT2D eigenvalue weighted by atomic mass is 9.76. The van der Waals surface area contributed by atoms with Gasteiger partial charge in [-0.25, -0.2) is 5.06 Å². The molecule has 4 unspecified atom stereocenters. The van der Waals surface area contributed by atoms with E-state index in [1.54, 1.807) is 4.90 Å². The SMILES string of the molecule is N#CC1CCCN1C(=O)C1CC=CC2CN(OCc3ccccc3)C(=O)C21. The highest BCUT2D eigenvalue weighted by Gasteiger charge is 2.49. The van der Waals surface area contributed by atoms with E-state index < -0.39 is 11.8 Å². The third kappa shape index (κ3) is 3.35. The highest BCUT2D eigenvalue weighted by molar-refractivity contribution is 5.90. The van der Waals surface area contributed by atoms with Crippen molar-refractivity contribution in [2.75, 3.05) is 13.1 Å². The van der Waals surface area contributed by atoms with Gasteiger partial charge in [-0.05, 0) is 24.8 Å². The number of likely N-dealkylation sites (tertiary alicyclic amines) is 1. The lowest BCUT2D eigenvalue weighted by Gasteiger charge is -2.31. The third-order valence-corrected chi connectivity index (χ3v) is 5.81. The highest BCUT2D eigenvalue weighted by atomic mass is 16.7. The molecule has 2 heterocycles. The Morgan fingerprint density at radius 3 is 2.89 bits per heavy atom. The van der Waals surface area contributed by atoms with Gasteiger partial charge < -0.3 is 4.90 Å². The maximum Gasteiger partial charge on any atom is 0.250 e. The largest absolute Gasteiger partial charge is 0.326 e. The second-order valence-electron chi connectivity index (χ2n) is 7.44. The number of hydroxylamine groups is 2. The van der Waals surface area contributed by atoms with Crippen molar-refractivity contribution >= 4 is 11.8 Å². The zero-order chi connectivity index (χ0) is 18.8. The van der Waals surface area contributed by atoms with Gasteiger partial charge >= 0.3 is 0 Å². The van der Waals surface area contributed by atoms with Gasteiger partial charge in [0.25, 0.3) is 5.91 Å². The zero-order valence-corrected chi connectivity index (χ0v) is 15.2. The van der Waals surface area contributed by atoms with E-state index in [0.717, 1.165) is 18.4 Å². The van der Waals surface area contributed by atoms with Crippen LogP contribution >= 0.6 is 0 Å². The van der Waals surface area contributed by atoms with Crippen LogP contribution in [0.4, 0.5) is 0 Å². The topological polar surface area (TPSA) is 73.6 Å². The number of amides is 2. The smallest absolute Gasteiger partial charge is 0.250 e. The Morgan fingerprint density at radius 1 is 1.30 bits per heavy atom. The molecule has 0 N–H and O–H groups in total. The summed E-state index contributed by atoms with van der Waals surface area (Å²) in [4.78, 5) is 33.5. The van der Waals surface area contributed by atoms with Gasteiger partial charge in [0.05, 0.1) is 24.4 Å². The Balaban J connectivity index is 1.46. The second-order valence-corrected chi connectivity index (χ2v) is 7.44. The van der Waals surface area contributed by atoms with Crippen LogP contribution < -0.4 is 0 Å². The monoisotopic (exact) mass is 365 g/mol. The molecule has 4 atom stereocenters.